The molecule has 2 aliphatic rings. The predicted molar refractivity (Wildman–Crippen MR) is 140 cm³/mol. The van der Waals surface area contributed by atoms with E-state index in [1.165, 1.54) is 19.3 Å². The molecule has 1 saturated carbocycles. The Bertz CT molecular complexity index is 1210. The summed E-state index contributed by atoms with van der Waals surface area (Å²) in [5.74, 6) is 3.65. The third-order valence-corrected chi connectivity index (χ3v) is 7.35. The van der Waals surface area contributed by atoms with Crippen LogP contribution < -0.4 is 19.1 Å². The number of amides is 1. The average molecular weight is 491 g/mol. The molecule has 5 rings (SSSR count). The third-order valence-electron chi connectivity index (χ3n) is 7.35. The molecule has 1 aliphatic heterocycles. The van der Waals surface area contributed by atoms with Crippen molar-refractivity contribution >= 4 is 22.6 Å². The molecule has 0 atom stereocenters. The summed E-state index contributed by atoms with van der Waals surface area (Å²) in [4.78, 5) is 27.3. The van der Waals surface area contributed by atoms with Crippen LogP contribution in [-0.2, 0) is 4.79 Å². The van der Waals surface area contributed by atoms with E-state index in [9.17, 15) is 4.79 Å². The molecule has 1 saturated heterocycles. The lowest BCUT2D eigenvalue weighted by atomic mass is 9.88. The summed E-state index contributed by atoms with van der Waals surface area (Å²) in [5.41, 5.74) is 1.65. The van der Waals surface area contributed by atoms with Gasteiger partial charge in [0.25, 0.3) is 0 Å². The van der Waals surface area contributed by atoms with Crippen molar-refractivity contribution in [1.82, 2.24) is 14.9 Å². The lowest BCUT2D eigenvalue weighted by Gasteiger charge is -2.38. The van der Waals surface area contributed by atoms with Crippen molar-refractivity contribution in [3.63, 3.8) is 0 Å². The van der Waals surface area contributed by atoms with E-state index in [4.69, 9.17) is 24.2 Å². The van der Waals surface area contributed by atoms with E-state index >= 15 is 0 Å². The fourth-order valence-electron chi connectivity index (χ4n) is 5.39. The maximum Gasteiger partial charge on any atom is 0.225 e. The first kappa shape index (κ1) is 24.2. The number of hydrogen-bond acceptors (Lipinski definition) is 7. The zero-order valence-electron chi connectivity index (χ0n) is 21.3. The fourth-order valence-corrected chi connectivity index (χ4v) is 5.39. The number of fused-ring (bicyclic) bond motifs is 1. The van der Waals surface area contributed by atoms with E-state index < -0.39 is 0 Å². The normalized spacial score (nSPS) is 16.8. The number of nitrogens with zero attached hydrogens (tertiary/aromatic N) is 4. The van der Waals surface area contributed by atoms with Crippen LogP contribution >= 0.6 is 0 Å². The zero-order valence-corrected chi connectivity index (χ0v) is 21.3. The highest BCUT2D eigenvalue weighted by Crippen LogP contribution is 2.41. The van der Waals surface area contributed by atoms with Gasteiger partial charge in [-0.1, -0.05) is 31.4 Å². The van der Waals surface area contributed by atoms with E-state index in [2.05, 4.69) is 15.9 Å². The quantitative estimate of drug-likeness (QED) is 0.502. The number of anilines is 1. The van der Waals surface area contributed by atoms with Gasteiger partial charge in [0.15, 0.2) is 17.3 Å². The van der Waals surface area contributed by atoms with Gasteiger partial charge in [-0.15, -0.1) is 0 Å². The molecule has 2 heterocycles. The topological polar surface area (TPSA) is 77.0 Å². The minimum atomic E-state index is 0.205. The van der Waals surface area contributed by atoms with Crippen LogP contribution in [0.1, 0.15) is 32.1 Å². The van der Waals surface area contributed by atoms with Gasteiger partial charge in [0.1, 0.15) is 5.82 Å². The van der Waals surface area contributed by atoms with Gasteiger partial charge in [-0.25, -0.2) is 9.97 Å². The van der Waals surface area contributed by atoms with Crippen LogP contribution in [0.4, 0.5) is 5.82 Å². The molecular weight excluding hydrogens is 456 g/mol. The molecule has 0 radical (unpaired) electrons. The monoisotopic (exact) mass is 490 g/mol. The van der Waals surface area contributed by atoms with Crippen molar-refractivity contribution in [2.45, 2.75) is 32.1 Å². The summed E-state index contributed by atoms with van der Waals surface area (Å²) in [7, 11) is 4.78. The summed E-state index contributed by atoms with van der Waals surface area (Å²) in [6, 6.07) is 11.8. The molecule has 8 heteroatoms. The van der Waals surface area contributed by atoms with E-state index in [0.29, 0.717) is 42.1 Å². The second kappa shape index (κ2) is 10.6. The molecule has 0 N–H and O–H groups in total. The van der Waals surface area contributed by atoms with Gasteiger partial charge in [-0.05, 0) is 37.1 Å². The Hall–Kier alpha value is -3.55. The number of methoxy groups -OCH3 is 3. The molecule has 2 fully saturated rings. The minimum absolute atomic E-state index is 0.205. The van der Waals surface area contributed by atoms with E-state index in [1.807, 2.05) is 30.3 Å². The molecular formula is C28H34N4O4. The minimum Gasteiger partial charge on any atom is -0.493 e. The summed E-state index contributed by atoms with van der Waals surface area (Å²) >= 11 is 0. The van der Waals surface area contributed by atoms with E-state index in [0.717, 1.165) is 48.2 Å². The Morgan fingerprint density at radius 1 is 0.861 bits per heavy atom. The molecule has 0 spiro atoms. The number of carbonyl (C=O) groups excluding carboxylic acids is 1. The number of aromatic nitrogens is 2. The second-order valence-corrected chi connectivity index (χ2v) is 9.45. The standard InChI is InChI=1S/C28H34N4O4/c1-34-23-17-20(18-24(35-2)25(23)36-3)26-29-22-12-8-7-11-21(22)27(30-26)31-13-15-32(16-14-31)28(33)19-9-5-4-6-10-19/h7-8,11-12,17-19H,4-6,9-10,13-16H2,1-3H3. The zero-order chi connectivity index (χ0) is 25.1. The van der Waals surface area contributed by atoms with E-state index in [1.54, 1.807) is 21.3 Å². The number of hydrogen-bond donors (Lipinski definition) is 0. The number of benzene rings is 2. The second-order valence-electron chi connectivity index (χ2n) is 9.45. The maximum absolute atomic E-state index is 13.1. The van der Waals surface area contributed by atoms with Crippen molar-refractivity contribution in [3.05, 3.63) is 36.4 Å². The van der Waals surface area contributed by atoms with Crippen LogP contribution in [-0.4, -0.2) is 68.3 Å². The van der Waals surface area contributed by atoms with Crippen molar-refractivity contribution in [1.29, 1.82) is 0 Å². The van der Waals surface area contributed by atoms with Gasteiger partial charge in [0.2, 0.25) is 11.7 Å². The predicted octanol–water partition coefficient (Wildman–Crippen LogP) is 4.55. The van der Waals surface area contributed by atoms with Crippen LogP contribution in [0.15, 0.2) is 36.4 Å². The molecule has 0 unspecified atom stereocenters. The Labute approximate surface area is 212 Å². The van der Waals surface area contributed by atoms with Crippen LogP contribution in [0.5, 0.6) is 17.2 Å². The molecule has 1 aliphatic carbocycles. The van der Waals surface area contributed by atoms with Crippen molar-refractivity contribution in [2.75, 3.05) is 52.4 Å². The van der Waals surface area contributed by atoms with Gasteiger partial charge in [-0.3, -0.25) is 4.79 Å². The molecule has 36 heavy (non-hydrogen) atoms. The Balaban J connectivity index is 1.46. The molecule has 3 aromatic rings. The lowest BCUT2D eigenvalue weighted by molar-refractivity contribution is -0.136. The molecule has 1 aromatic heterocycles. The van der Waals surface area contributed by atoms with Gasteiger partial charge in [0.05, 0.1) is 26.8 Å². The summed E-state index contributed by atoms with van der Waals surface area (Å²) in [5, 5.41) is 1.00. The van der Waals surface area contributed by atoms with Crippen molar-refractivity contribution in [2.24, 2.45) is 5.92 Å². The average Bonchev–Trinajstić information content (AvgIpc) is 2.95. The fraction of sp³-hybridized carbons (Fsp3) is 0.464. The number of para-hydroxylation sites is 1. The van der Waals surface area contributed by atoms with Crippen molar-refractivity contribution in [3.8, 4) is 28.6 Å². The smallest absolute Gasteiger partial charge is 0.225 e. The highest BCUT2D eigenvalue weighted by Gasteiger charge is 2.29. The van der Waals surface area contributed by atoms with Gasteiger partial charge >= 0.3 is 0 Å². The first-order chi connectivity index (χ1) is 17.6. The van der Waals surface area contributed by atoms with Gasteiger partial charge in [0, 0.05) is 43.0 Å². The lowest BCUT2D eigenvalue weighted by Crippen LogP contribution is -2.50. The number of rotatable bonds is 6. The highest BCUT2D eigenvalue weighted by atomic mass is 16.5. The molecule has 190 valence electrons. The SMILES string of the molecule is COc1cc(-c2nc(N3CCN(C(=O)C4CCCCC4)CC3)c3ccccc3n2)cc(OC)c1OC. The molecule has 2 aromatic carbocycles. The first-order valence-corrected chi connectivity index (χ1v) is 12.7. The Morgan fingerprint density at radius 3 is 2.17 bits per heavy atom. The Morgan fingerprint density at radius 2 is 1.53 bits per heavy atom. The Kier molecular flexibility index (Phi) is 7.11. The molecule has 8 nitrogen and oxygen atoms in total. The number of piperazine rings is 1. The summed E-state index contributed by atoms with van der Waals surface area (Å²) in [6.45, 7) is 2.92. The van der Waals surface area contributed by atoms with Crippen LogP contribution in [0, 0.1) is 5.92 Å². The van der Waals surface area contributed by atoms with Gasteiger partial charge in [-0.2, -0.15) is 0 Å². The molecule has 0 bridgehead atoms. The number of ether oxygens (including phenoxy) is 3. The first-order valence-electron chi connectivity index (χ1n) is 12.7. The van der Waals surface area contributed by atoms with Crippen LogP contribution in [0.3, 0.4) is 0 Å². The summed E-state index contributed by atoms with van der Waals surface area (Å²) < 4.78 is 16.6. The maximum atomic E-state index is 13.1. The number of carbonyl (C=O) groups is 1. The van der Waals surface area contributed by atoms with Crippen molar-refractivity contribution < 1.29 is 19.0 Å². The summed E-state index contributed by atoms with van der Waals surface area (Å²) in [6.07, 6.45) is 5.67. The highest BCUT2D eigenvalue weighted by molar-refractivity contribution is 5.91. The largest absolute Gasteiger partial charge is 0.493 e. The molecule has 1 amide bonds. The van der Waals surface area contributed by atoms with Gasteiger partial charge < -0.3 is 24.0 Å². The van der Waals surface area contributed by atoms with Crippen LogP contribution in [0.2, 0.25) is 0 Å². The third kappa shape index (κ3) is 4.64. The van der Waals surface area contributed by atoms with Crippen LogP contribution in [0.25, 0.3) is 22.3 Å². The van der Waals surface area contributed by atoms with E-state index in [-0.39, 0.29) is 5.92 Å².